The van der Waals surface area contributed by atoms with Gasteiger partial charge in [-0.25, -0.2) is 0 Å². The third-order valence-electron chi connectivity index (χ3n) is 0.937. The Morgan fingerprint density at radius 3 is 1.36 bits per heavy atom. The molecule has 60 valence electrons. The monoisotopic (exact) mass is 171 g/mol. The van der Waals surface area contributed by atoms with E-state index >= 15 is 0 Å². The van der Waals surface area contributed by atoms with E-state index in [1.807, 2.05) is 36.4 Å². The quantitative estimate of drug-likeness (QED) is 0.659. The van der Waals surface area contributed by atoms with Crippen LogP contribution in [0.2, 0.25) is 0 Å². The molecule has 0 aliphatic heterocycles. The minimum Gasteiger partial charge on any atom is -0.161 e. The van der Waals surface area contributed by atoms with Gasteiger partial charge in [0.15, 0.2) is 6.16 Å². The second-order valence-electron chi connectivity index (χ2n) is 1.82. The Morgan fingerprint density at radius 1 is 1.09 bits per heavy atom. The molecule has 0 radical (unpaired) electrons. The van der Waals surface area contributed by atoms with E-state index in [1.54, 1.807) is 6.92 Å². The molecule has 0 amide bonds. The topological polar surface area (TPSA) is 37.3 Å². The lowest BCUT2D eigenvalue weighted by Gasteiger charge is -1.69. The van der Waals surface area contributed by atoms with Crippen LogP contribution in [0.4, 0.5) is 0 Å². The van der Waals surface area contributed by atoms with Gasteiger partial charge in [-0.3, -0.25) is 0 Å². The smallest absolute Gasteiger partial charge is 0.161 e. The van der Waals surface area contributed by atoms with E-state index in [1.165, 1.54) is 0 Å². The number of hydrogen-bond acceptors (Lipinski definition) is 1. The van der Waals surface area contributed by atoms with Crippen molar-refractivity contribution < 1.29 is 9.46 Å². The van der Waals surface area contributed by atoms with E-state index in [-0.39, 0.29) is 0 Å². The molecule has 0 saturated carbocycles. The zero-order valence-corrected chi connectivity index (χ0v) is 7.37. The lowest BCUT2D eigenvalue weighted by atomic mass is 10.4. The van der Waals surface area contributed by atoms with Crippen molar-refractivity contribution in [1.29, 1.82) is 0 Å². The van der Waals surface area contributed by atoms with E-state index in [0.29, 0.717) is 6.16 Å². The standard InChI is InChI=1S/C6H6.C2H5O2P/c1-2-4-6-5-3-1;1-2-5(3)4/h1-6H;2H2,1H3/p+1. The van der Waals surface area contributed by atoms with Gasteiger partial charge in [-0.2, -0.15) is 4.89 Å². The maximum Gasteiger partial charge on any atom is 0.505 e. The summed E-state index contributed by atoms with van der Waals surface area (Å²) in [6.45, 7) is 1.67. The first kappa shape index (κ1) is 10.3. The molecule has 1 atom stereocenters. The van der Waals surface area contributed by atoms with Crippen LogP contribution in [0.25, 0.3) is 0 Å². The van der Waals surface area contributed by atoms with Gasteiger partial charge in [-0.15, -0.1) is 0 Å². The Hall–Kier alpha value is -0.720. The fraction of sp³-hybridized carbons (Fsp3) is 0.250. The summed E-state index contributed by atoms with van der Waals surface area (Å²) in [5, 5.41) is 0. The molecular weight excluding hydrogens is 159 g/mol. The van der Waals surface area contributed by atoms with Crippen molar-refractivity contribution >= 4 is 8.03 Å². The summed E-state index contributed by atoms with van der Waals surface area (Å²) < 4.78 is 9.52. The highest BCUT2D eigenvalue weighted by Gasteiger charge is 1.98. The molecule has 0 aliphatic rings. The van der Waals surface area contributed by atoms with Crippen LogP contribution in [-0.4, -0.2) is 11.1 Å². The summed E-state index contributed by atoms with van der Waals surface area (Å²) in [4.78, 5) is 7.87. The maximum absolute atomic E-state index is 9.52. The van der Waals surface area contributed by atoms with E-state index < -0.39 is 8.03 Å². The summed E-state index contributed by atoms with van der Waals surface area (Å²) >= 11 is 0. The lowest BCUT2D eigenvalue weighted by molar-refractivity contribution is 0.504. The fourth-order valence-electron chi connectivity index (χ4n) is 0.385. The van der Waals surface area contributed by atoms with Gasteiger partial charge in [0, 0.05) is 0 Å². The summed E-state index contributed by atoms with van der Waals surface area (Å²) in [7, 11) is -1.85. The Kier molecular flexibility index (Phi) is 6.90. The Morgan fingerprint density at radius 2 is 1.27 bits per heavy atom. The highest BCUT2D eigenvalue weighted by molar-refractivity contribution is 7.37. The first-order chi connectivity index (χ1) is 5.27. The number of hydrogen-bond donors (Lipinski definition) is 1. The molecule has 0 saturated heterocycles. The second kappa shape index (κ2) is 7.39. The van der Waals surface area contributed by atoms with Crippen molar-refractivity contribution in [2.24, 2.45) is 0 Å². The molecule has 11 heavy (non-hydrogen) atoms. The summed E-state index contributed by atoms with van der Waals surface area (Å²) in [5.41, 5.74) is 0. The predicted octanol–water partition coefficient (Wildman–Crippen LogP) is 2.43. The largest absolute Gasteiger partial charge is 0.505 e. The van der Waals surface area contributed by atoms with Crippen LogP contribution in [0.15, 0.2) is 36.4 Å². The molecule has 1 aromatic carbocycles. The summed E-state index contributed by atoms with van der Waals surface area (Å²) in [6.07, 6.45) is 0.370. The van der Waals surface area contributed by atoms with E-state index in [4.69, 9.17) is 4.89 Å². The first-order valence-corrected chi connectivity index (χ1v) is 4.80. The van der Waals surface area contributed by atoms with Crippen molar-refractivity contribution in [3.05, 3.63) is 36.4 Å². The van der Waals surface area contributed by atoms with Crippen LogP contribution in [-0.2, 0) is 4.57 Å². The van der Waals surface area contributed by atoms with Crippen LogP contribution in [0, 0.1) is 0 Å². The highest BCUT2D eigenvalue weighted by Crippen LogP contribution is 2.08. The van der Waals surface area contributed by atoms with Crippen molar-refractivity contribution in [1.82, 2.24) is 0 Å². The van der Waals surface area contributed by atoms with Gasteiger partial charge in [0.25, 0.3) is 0 Å². The third-order valence-corrected chi connectivity index (χ3v) is 1.48. The normalized spacial score (nSPS) is 9.45. The van der Waals surface area contributed by atoms with Crippen molar-refractivity contribution in [2.45, 2.75) is 6.92 Å². The first-order valence-electron chi connectivity index (χ1n) is 3.41. The second-order valence-corrected chi connectivity index (χ2v) is 3.16. The average molecular weight is 171 g/mol. The summed E-state index contributed by atoms with van der Waals surface area (Å²) in [6, 6.07) is 12.0. The molecule has 1 aromatic rings. The minimum absolute atomic E-state index is 0.370. The molecule has 0 spiro atoms. The van der Waals surface area contributed by atoms with Crippen LogP contribution < -0.4 is 0 Å². The molecule has 1 rings (SSSR count). The molecule has 0 aliphatic carbocycles. The Labute approximate surface area is 67.8 Å². The van der Waals surface area contributed by atoms with Gasteiger partial charge in [-0.1, -0.05) is 36.4 Å². The zero-order chi connectivity index (χ0) is 8.53. The van der Waals surface area contributed by atoms with Crippen molar-refractivity contribution in [3.63, 3.8) is 0 Å². The molecule has 2 nitrogen and oxygen atoms in total. The SMILES string of the molecule is CC[P+](=O)O.c1ccccc1. The lowest BCUT2D eigenvalue weighted by Crippen LogP contribution is -1.56. The van der Waals surface area contributed by atoms with Crippen LogP contribution in [0.5, 0.6) is 0 Å². The van der Waals surface area contributed by atoms with Gasteiger partial charge in [0.05, 0.1) is 0 Å². The Bertz CT molecular complexity index is 160. The van der Waals surface area contributed by atoms with Crippen LogP contribution in [0.3, 0.4) is 0 Å². The maximum atomic E-state index is 9.52. The molecule has 1 N–H and O–H groups in total. The van der Waals surface area contributed by atoms with Crippen molar-refractivity contribution in [2.75, 3.05) is 6.16 Å². The molecule has 3 heteroatoms. The van der Waals surface area contributed by atoms with Gasteiger partial charge >= 0.3 is 8.03 Å². The molecule has 1 unspecified atom stereocenters. The van der Waals surface area contributed by atoms with Gasteiger partial charge in [0.1, 0.15) is 0 Å². The molecular formula is C8H12O2P+. The molecule has 0 heterocycles. The van der Waals surface area contributed by atoms with Crippen LogP contribution >= 0.6 is 8.03 Å². The average Bonchev–Trinajstić information content (AvgIpc) is 2.09. The molecule has 0 fully saturated rings. The molecule has 0 bridgehead atoms. The van der Waals surface area contributed by atoms with Gasteiger partial charge in [0.2, 0.25) is 0 Å². The Balaban J connectivity index is 0.000000187. The van der Waals surface area contributed by atoms with Crippen molar-refractivity contribution in [3.8, 4) is 0 Å². The molecule has 0 aromatic heterocycles. The predicted molar refractivity (Wildman–Crippen MR) is 46.8 cm³/mol. The number of rotatable bonds is 1. The minimum atomic E-state index is -1.85. The van der Waals surface area contributed by atoms with Gasteiger partial charge in [-0.05, 0) is 11.5 Å². The van der Waals surface area contributed by atoms with E-state index in [2.05, 4.69) is 0 Å². The summed E-state index contributed by atoms with van der Waals surface area (Å²) in [5.74, 6) is 0. The third kappa shape index (κ3) is 9.28. The van der Waals surface area contributed by atoms with Gasteiger partial charge < -0.3 is 0 Å². The number of benzene rings is 1. The zero-order valence-electron chi connectivity index (χ0n) is 6.47. The highest BCUT2D eigenvalue weighted by atomic mass is 31.1. The fourth-order valence-corrected chi connectivity index (χ4v) is 0.385. The van der Waals surface area contributed by atoms with Crippen LogP contribution in [0.1, 0.15) is 6.92 Å². The van der Waals surface area contributed by atoms with E-state index in [9.17, 15) is 4.57 Å². The van der Waals surface area contributed by atoms with E-state index in [0.717, 1.165) is 0 Å².